The second kappa shape index (κ2) is 7.26. The lowest BCUT2D eigenvalue weighted by molar-refractivity contribution is -0.384. The molecule has 0 atom stereocenters. The lowest BCUT2D eigenvalue weighted by Crippen LogP contribution is -2.55. The number of non-ortho nitro benzene ring substituents is 1. The molecule has 0 unspecified atom stereocenters. The van der Waals surface area contributed by atoms with Gasteiger partial charge in [-0.1, -0.05) is 0 Å². The fraction of sp³-hybridized carbons (Fsp3) is 0.400. The predicted molar refractivity (Wildman–Crippen MR) is 84.4 cm³/mol. The molecule has 10 heteroatoms. The first-order valence-corrected chi connectivity index (χ1v) is 7.33. The molecule has 2 amide bonds. The van der Waals surface area contributed by atoms with Gasteiger partial charge in [0.25, 0.3) is 11.6 Å². The first kappa shape index (κ1) is 18.3. The van der Waals surface area contributed by atoms with E-state index < -0.39 is 22.5 Å². The molecule has 1 heterocycles. The van der Waals surface area contributed by atoms with Crippen LogP contribution in [-0.2, 0) is 9.53 Å². The predicted octanol–water partition coefficient (Wildman–Crippen LogP) is 0.222. The van der Waals surface area contributed by atoms with Crippen molar-refractivity contribution >= 4 is 23.5 Å². The maximum atomic E-state index is 12.3. The second-order valence-corrected chi connectivity index (χ2v) is 5.76. The molecule has 0 spiro atoms. The Morgan fingerprint density at radius 2 is 1.88 bits per heavy atom. The third-order valence-corrected chi connectivity index (χ3v) is 3.70. The summed E-state index contributed by atoms with van der Waals surface area (Å²) in [6, 6.07) is 3.04. The number of carboxylic acids is 1. The highest BCUT2D eigenvalue weighted by Crippen LogP contribution is 2.21. The van der Waals surface area contributed by atoms with Crippen LogP contribution in [0, 0.1) is 10.1 Å². The Morgan fingerprint density at radius 3 is 2.40 bits per heavy atom. The number of benzene rings is 1. The average Bonchev–Trinajstić information content (AvgIpc) is 2.52. The number of amides is 2. The van der Waals surface area contributed by atoms with Gasteiger partial charge in [0.2, 0.25) is 5.91 Å². The van der Waals surface area contributed by atoms with Crippen LogP contribution in [0.1, 0.15) is 20.7 Å². The van der Waals surface area contributed by atoms with Crippen molar-refractivity contribution in [2.24, 2.45) is 0 Å². The van der Waals surface area contributed by atoms with Crippen LogP contribution in [0.25, 0.3) is 0 Å². The molecule has 2 rings (SSSR count). The molecule has 134 valence electrons. The van der Waals surface area contributed by atoms with Gasteiger partial charge in [0.15, 0.2) is 0 Å². The van der Waals surface area contributed by atoms with E-state index in [1.54, 1.807) is 14.1 Å². The van der Waals surface area contributed by atoms with E-state index in [1.807, 2.05) is 0 Å². The minimum atomic E-state index is -1.36. The highest BCUT2D eigenvalue weighted by molar-refractivity contribution is 5.98. The van der Waals surface area contributed by atoms with Gasteiger partial charge in [0.1, 0.15) is 6.61 Å². The molecule has 1 aliphatic rings. The summed E-state index contributed by atoms with van der Waals surface area (Å²) in [4.78, 5) is 47.7. The minimum absolute atomic E-state index is 0.0746. The molecule has 0 bridgehead atoms. The van der Waals surface area contributed by atoms with E-state index in [0.717, 1.165) is 18.2 Å². The van der Waals surface area contributed by atoms with E-state index in [9.17, 15) is 24.5 Å². The summed E-state index contributed by atoms with van der Waals surface area (Å²) in [5.41, 5.74) is -0.870. The molecule has 1 N–H and O–H groups in total. The number of hydrogen-bond acceptors (Lipinski definition) is 6. The lowest BCUT2D eigenvalue weighted by atomic mass is 10.1. The van der Waals surface area contributed by atoms with Crippen molar-refractivity contribution in [3.63, 3.8) is 0 Å². The number of nitrogens with zero attached hydrogens (tertiary/aromatic N) is 3. The zero-order chi connectivity index (χ0) is 18.7. The van der Waals surface area contributed by atoms with Crippen molar-refractivity contribution in [3.05, 3.63) is 39.4 Å². The molecule has 0 radical (unpaired) electrons. The number of likely N-dealkylation sites (N-methyl/N-ethyl adjacent to an activating group) is 1. The van der Waals surface area contributed by atoms with Crippen molar-refractivity contribution < 1.29 is 29.2 Å². The third-order valence-electron chi connectivity index (χ3n) is 3.70. The van der Waals surface area contributed by atoms with Gasteiger partial charge in [-0.2, -0.15) is 0 Å². The molecular formula is C15H17N3O7. The van der Waals surface area contributed by atoms with E-state index in [2.05, 4.69) is 0 Å². The summed E-state index contributed by atoms with van der Waals surface area (Å²) in [7, 11) is 3.20. The van der Waals surface area contributed by atoms with Crippen LogP contribution in [0.5, 0.6) is 0 Å². The van der Waals surface area contributed by atoms with Crippen molar-refractivity contribution in [2.45, 2.75) is 6.10 Å². The molecular weight excluding hydrogens is 334 g/mol. The van der Waals surface area contributed by atoms with E-state index >= 15 is 0 Å². The topological polar surface area (TPSA) is 130 Å². The molecule has 0 aromatic heterocycles. The zero-order valence-electron chi connectivity index (χ0n) is 13.7. The molecule has 0 saturated carbocycles. The maximum absolute atomic E-state index is 12.3. The number of ether oxygens (including phenoxy) is 1. The molecule has 1 aromatic rings. The Kier molecular flexibility index (Phi) is 5.32. The Morgan fingerprint density at radius 1 is 1.28 bits per heavy atom. The quantitative estimate of drug-likeness (QED) is 0.573. The summed E-state index contributed by atoms with van der Waals surface area (Å²) in [6.45, 7) is 0.356. The van der Waals surface area contributed by atoms with Gasteiger partial charge >= 0.3 is 5.97 Å². The van der Waals surface area contributed by atoms with Crippen LogP contribution >= 0.6 is 0 Å². The number of carbonyl (C=O) groups excluding carboxylic acids is 2. The Bertz CT molecular complexity index is 694. The Hall–Kier alpha value is -3.01. The van der Waals surface area contributed by atoms with E-state index in [0.29, 0.717) is 0 Å². The van der Waals surface area contributed by atoms with E-state index in [-0.39, 0.29) is 42.8 Å². The van der Waals surface area contributed by atoms with Crippen molar-refractivity contribution in [1.82, 2.24) is 9.80 Å². The number of carboxylic acid groups (broad SMARTS) is 1. The summed E-state index contributed by atoms with van der Waals surface area (Å²) < 4.78 is 5.35. The number of aromatic carboxylic acids is 1. The number of carbonyl (C=O) groups is 3. The average molecular weight is 351 g/mol. The molecule has 1 fully saturated rings. The van der Waals surface area contributed by atoms with Crippen LogP contribution in [0.4, 0.5) is 5.69 Å². The standard InChI is InChI=1S/C15H17N3O7/c1-16(2)13(19)8-25-12-6-17(7-12)14(20)9-3-10(15(21)22)5-11(4-9)18(23)24/h3-5,12H,6-8H2,1-2H3,(H,21,22). The first-order chi connectivity index (χ1) is 11.7. The SMILES string of the molecule is CN(C)C(=O)COC1CN(C(=O)c2cc(C(=O)O)cc([N+](=O)[O-])c2)C1. The van der Waals surface area contributed by atoms with Crippen molar-refractivity contribution in [1.29, 1.82) is 0 Å². The maximum Gasteiger partial charge on any atom is 0.335 e. The van der Waals surface area contributed by atoms with Gasteiger partial charge in [0, 0.05) is 44.9 Å². The largest absolute Gasteiger partial charge is 0.478 e. The van der Waals surface area contributed by atoms with Gasteiger partial charge in [-0.05, 0) is 6.07 Å². The number of hydrogen-bond donors (Lipinski definition) is 1. The van der Waals surface area contributed by atoms with Crippen LogP contribution in [0.15, 0.2) is 18.2 Å². The molecule has 25 heavy (non-hydrogen) atoms. The molecule has 10 nitrogen and oxygen atoms in total. The van der Waals surface area contributed by atoms with Crippen LogP contribution in [0.3, 0.4) is 0 Å². The van der Waals surface area contributed by atoms with E-state index in [1.165, 1.54) is 9.80 Å². The summed E-state index contributed by atoms with van der Waals surface area (Å²) >= 11 is 0. The van der Waals surface area contributed by atoms with E-state index in [4.69, 9.17) is 9.84 Å². The summed E-state index contributed by atoms with van der Waals surface area (Å²) in [6.07, 6.45) is -0.300. The fourth-order valence-corrected chi connectivity index (χ4v) is 2.17. The summed E-state index contributed by atoms with van der Waals surface area (Å²) in [5.74, 6) is -2.08. The molecule has 1 saturated heterocycles. The minimum Gasteiger partial charge on any atom is -0.478 e. The summed E-state index contributed by atoms with van der Waals surface area (Å²) in [5, 5.41) is 19.9. The van der Waals surface area contributed by atoms with Crippen molar-refractivity contribution in [3.8, 4) is 0 Å². The molecule has 1 aliphatic heterocycles. The highest BCUT2D eigenvalue weighted by Gasteiger charge is 2.33. The molecule has 1 aromatic carbocycles. The second-order valence-electron chi connectivity index (χ2n) is 5.76. The van der Waals surface area contributed by atoms with Gasteiger partial charge in [-0.25, -0.2) is 4.79 Å². The third kappa shape index (κ3) is 4.29. The Labute approximate surface area is 142 Å². The lowest BCUT2D eigenvalue weighted by Gasteiger charge is -2.38. The normalized spacial score (nSPS) is 13.9. The van der Waals surface area contributed by atoms with Crippen LogP contribution in [-0.4, -0.2) is 77.5 Å². The fourth-order valence-electron chi connectivity index (χ4n) is 2.17. The highest BCUT2D eigenvalue weighted by atomic mass is 16.6. The van der Waals surface area contributed by atoms with Gasteiger partial charge < -0.3 is 19.6 Å². The van der Waals surface area contributed by atoms with Crippen LogP contribution in [0.2, 0.25) is 0 Å². The number of nitro benzene ring substituents is 1. The van der Waals surface area contributed by atoms with Crippen molar-refractivity contribution in [2.75, 3.05) is 33.8 Å². The van der Waals surface area contributed by atoms with Gasteiger partial charge in [-0.15, -0.1) is 0 Å². The number of rotatable bonds is 6. The Balaban J connectivity index is 2.01. The zero-order valence-corrected chi connectivity index (χ0v) is 13.7. The van der Waals surface area contributed by atoms with Crippen LogP contribution < -0.4 is 0 Å². The number of nitro groups is 1. The van der Waals surface area contributed by atoms with Gasteiger partial charge in [-0.3, -0.25) is 19.7 Å². The molecule has 0 aliphatic carbocycles. The monoisotopic (exact) mass is 351 g/mol. The van der Waals surface area contributed by atoms with Gasteiger partial charge in [0.05, 0.1) is 16.6 Å². The first-order valence-electron chi connectivity index (χ1n) is 7.33. The number of likely N-dealkylation sites (tertiary alicyclic amines) is 1. The smallest absolute Gasteiger partial charge is 0.335 e.